The van der Waals surface area contributed by atoms with E-state index in [4.69, 9.17) is 4.74 Å². The fraction of sp³-hybridized carbons (Fsp3) is 0.700. The Kier molecular flexibility index (Phi) is 6.52. The normalized spacial score (nSPS) is 31.0. The second-order valence-electron chi connectivity index (χ2n) is 8.13. The molecule has 4 atom stereocenters. The quantitative estimate of drug-likeness (QED) is 0.718. The van der Waals surface area contributed by atoms with Gasteiger partial charge in [-0.3, -0.25) is 4.90 Å². The van der Waals surface area contributed by atoms with E-state index in [1.807, 2.05) is 0 Å². The van der Waals surface area contributed by atoms with Crippen molar-refractivity contribution in [1.29, 1.82) is 0 Å². The topological polar surface area (TPSA) is 61.9 Å². The lowest BCUT2D eigenvalue weighted by atomic mass is 9.75. The molecule has 5 rings (SSSR count). The van der Waals surface area contributed by atoms with Crippen LogP contribution in [-0.4, -0.2) is 82.1 Å². The Hall–Kier alpha value is -0.800. The largest absolute Gasteiger partial charge is 0.497 e. The number of piperidine rings is 3. The summed E-state index contributed by atoms with van der Waals surface area (Å²) < 4.78 is 33.2. The lowest BCUT2D eigenvalue weighted by molar-refractivity contribution is -0.00914. The number of methoxy groups -OCH3 is 1. The van der Waals surface area contributed by atoms with Crippen LogP contribution in [0, 0.1) is 11.8 Å². The minimum atomic E-state index is -3.48. The van der Waals surface area contributed by atoms with Gasteiger partial charge in [-0.05, 0) is 55.5 Å². The number of benzene rings is 1. The zero-order valence-corrected chi connectivity index (χ0v) is 18.2. The maximum absolute atomic E-state index is 12.6. The minimum absolute atomic E-state index is 0.296. The number of hydrogen-bond donors (Lipinski definition) is 1. The highest BCUT2D eigenvalue weighted by molar-refractivity contribution is 7.99. The van der Waals surface area contributed by atoms with Crippen molar-refractivity contribution in [2.75, 3.05) is 57.9 Å². The summed E-state index contributed by atoms with van der Waals surface area (Å²) in [5.41, 5.74) is 0. The summed E-state index contributed by atoms with van der Waals surface area (Å²) in [6.07, 6.45) is 2.37. The molecule has 0 aliphatic carbocycles. The molecule has 4 aliphatic heterocycles. The van der Waals surface area contributed by atoms with Crippen LogP contribution in [0.1, 0.15) is 12.8 Å². The number of nitrogens with zero attached hydrogens (tertiary/aromatic N) is 2. The van der Waals surface area contributed by atoms with Gasteiger partial charge in [0.05, 0.1) is 12.0 Å². The Labute approximate surface area is 173 Å². The Morgan fingerprint density at radius 2 is 1.93 bits per heavy atom. The van der Waals surface area contributed by atoms with Crippen molar-refractivity contribution >= 4 is 21.8 Å². The van der Waals surface area contributed by atoms with Gasteiger partial charge in [0.25, 0.3) is 0 Å². The molecule has 6 nitrogen and oxygen atoms in total. The minimum Gasteiger partial charge on any atom is -0.497 e. The molecule has 0 amide bonds. The molecule has 4 saturated heterocycles. The summed E-state index contributed by atoms with van der Waals surface area (Å²) in [6, 6.07) is 6.89. The summed E-state index contributed by atoms with van der Waals surface area (Å²) in [5.74, 6) is 4.66. The Morgan fingerprint density at radius 3 is 2.57 bits per heavy atom. The number of ether oxygens (including phenoxy) is 1. The Bertz CT molecular complexity index is 750. The molecule has 4 aliphatic rings. The zero-order valence-electron chi connectivity index (χ0n) is 16.5. The molecular formula is C20H31N3O3S2. The Morgan fingerprint density at radius 1 is 1.18 bits per heavy atom. The molecule has 1 aromatic rings. The van der Waals surface area contributed by atoms with E-state index < -0.39 is 10.0 Å². The first kappa shape index (κ1) is 20.5. The first-order chi connectivity index (χ1) is 13.5. The Balaban J connectivity index is 1.31. The molecule has 8 heteroatoms. The van der Waals surface area contributed by atoms with Crippen LogP contribution in [0.3, 0.4) is 0 Å². The second-order valence-corrected chi connectivity index (χ2v) is 11.1. The molecule has 0 radical (unpaired) electrons. The molecule has 4 fully saturated rings. The third-order valence-corrected chi connectivity index (χ3v) is 8.87. The van der Waals surface area contributed by atoms with Gasteiger partial charge in [0.2, 0.25) is 10.0 Å². The van der Waals surface area contributed by atoms with Crippen LogP contribution in [0.15, 0.2) is 29.2 Å². The van der Waals surface area contributed by atoms with Crippen molar-refractivity contribution in [1.82, 2.24) is 14.5 Å². The summed E-state index contributed by atoms with van der Waals surface area (Å²) in [6.45, 7) is 6.37. The van der Waals surface area contributed by atoms with E-state index in [2.05, 4.69) is 26.3 Å². The van der Waals surface area contributed by atoms with Crippen LogP contribution in [0.25, 0.3) is 0 Å². The lowest BCUT2D eigenvalue weighted by Crippen LogP contribution is -2.58. The standard InChI is InChI=1S/C20H31N3O3S2/c1-26-19-2-4-20(5-3-19)28(24,25)21-13-18-12-16-6-7-23(18)15-17(16)14-22-8-10-27-11-9-22/h2-5,16-18,21H,6-15H2,1H3/t16-,17+,18+/m1/s1. The molecule has 2 bridgehead atoms. The highest BCUT2D eigenvalue weighted by Crippen LogP contribution is 2.36. The molecule has 156 valence electrons. The van der Waals surface area contributed by atoms with E-state index in [0.29, 0.717) is 23.2 Å². The fourth-order valence-corrected chi connectivity index (χ4v) is 6.88. The highest BCUT2D eigenvalue weighted by Gasteiger charge is 2.40. The maximum Gasteiger partial charge on any atom is 0.240 e. The number of nitrogens with one attached hydrogen (secondary N) is 1. The predicted octanol–water partition coefficient (Wildman–Crippen LogP) is 1.73. The molecule has 0 aromatic heterocycles. The van der Waals surface area contributed by atoms with Crippen molar-refractivity contribution in [3.05, 3.63) is 24.3 Å². The van der Waals surface area contributed by atoms with Gasteiger partial charge in [0, 0.05) is 50.3 Å². The second kappa shape index (κ2) is 8.92. The molecule has 4 heterocycles. The van der Waals surface area contributed by atoms with Gasteiger partial charge in [-0.15, -0.1) is 0 Å². The van der Waals surface area contributed by atoms with Gasteiger partial charge in [-0.1, -0.05) is 0 Å². The van der Waals surface area contributed by atoms with Crippen molar-refractivity contribution in [3.8, 4) is 5.75 Å². The van der Waals surface area contributed by atoms with E-state index in [0.717, 1.165) is 31.3 Å². The summed E-state index contributed by atoms with van der Waals surface area (Å²) >= 11 is 2.06. The zero-order chi connectivity index (χ0) is 19.6. The van der Waals surface area contributed by atoms with Gasteiger partial charge in [0.1, 0.15) is 5.75 Å². The number of hydrogen-bond acceptors (Lipinski definition) is 6. The van der Waals surface area contributed by atoms with Crippen molar-refractivity contribution < 1.29 is 13.2 Å². The highest BCUT2D eigenvalue weighted by atomic mass is 32.2. The van der Waals surface area contributed by atoms with E-state index in [1.54, 1.807) is 31.4 Å². The van der Waals surface area contributed by atoms with Crippen molar-refractivity contribution in [2.45, 2.75) is 23.8 Å². The van der Waals surface area contributed by atoms with E-state index in [-0.39, 0.29) is 0 Å². The van der Waals surface area contributed by atoms with Crippen LogP contribution >= 0.6 is 11.8 Å². The van der Waals surface area contributed by atoms with Crippen molar-refractivity contribution in [2.24, 2.45) is 11.8 Å². The van der Waals surface area contributed by atoms with Gasteiger partial charge in [0.15, 0.2) is 0 Å². The van der Waals surface area contributed by atoms with Crippen molar-refractivity contribution in [3.63, 3.8) is 0 Å². The van der Waals surface area contributed by atoms with Crippen LogP contribution in [0.2, 0.25) is 0 Å². The number of thioether (sulfide) groups is 1. The molecule has 1 unspecified atom stereocenters. The average Bonchev–Trinajstić information content (AvgIpc) is 2.74. The SMILES string of the molecule is COc1ccc(S(=O)(=O)NC[C@@H]2C[C@H]3CCN2C[C@@H]3CN2CCSCC2)cc1. The smallest absolute Gasteiger partial charge is 0.240 e. The molecule has 0 spiro atoms. The maximum atomic E-state index is 12.6. The number of fused-ring (bicyclic) bond motifs is 3. The predicted molar refractivity (Wildman–Crippen MR) is 114 cm³/mol. The monoisotopic (exact) mass is 425 g/mol. The molecule has 1 aromatic carbocycles. The molecule has 28 heavy (non-hydrogen) atoms. The van der Waals surface area contributed by atoms with E-state index in [1.165, 1.54) is 37.6 Å². The summed E-state index contributed by atoms with van der Waals surface area (Å²) in [4.78, 5) is 5.44. The summed E-state index contributed by atoms with van der Waals surface area (Å²) in [5, 5.41) is 0. The van der Waals surface area contributed by atoms with Crippen LogP contribution in [0.4, 0.5) is 0 Å². The van der Waals surface area contributed by atoms with Gasteiger partial charge < -0.3 is 9.64 Å². The third-order valence-electron chi connectivity index (χ3n) is 6.49. The lowest BCUT2D eigenvalue weighted by Gasteiger charge is -2.51. The van der Waals surface area contributed by atoms with Crippen LogP contribution < -0.4 is 9.46 Å². The van der Waals surface area contributed by atoms with Crippen LogP contribution in [0.5, 0.6) is 5.75 Å². The fourth-order valence-electron chi connectivity index (χ4n) is 4.83. The first-order valence-electron chi connectivity index (χ1n) is 10.2. The average molecular weight is 426 g/mol. The molecular weight excluding hydrogens is 394 g/mol. The number of sulfonamides is 1. The van der Waals surface area contributed by atoms with E-state index >= 15 is 0 Å². The van der Waals surface area contributed by atoms with Gasteiger partial charge in [-0.25, -0.2) is 13.1 Å². The van der Waals surface area contributed by atoms with Gasteiger partial charge in [-0.2, -0.15) is 11.8 Å². The summed E-state index contributed by atoms with van der Waals surface area (Å²) in [7, 11) is -1.91. The molecule has 0 saturated carbocycles. The van der Waals surface area contributed by atoms with Gasteiger partial charge >= 0.3 is 0 Å². The number of rotatable bonds is 7. The first-order valence-corrected chi connectivity index (χ1v) is 12.9. The van der Waals surface area contributed by atoms with Crippen LogP contribution in [-0.2, 0) is 10.0 Å². The van der Waals surface area contributed by atoms with E-state index in [9.17, 15) is 8.42 Å². The third kappa shape index (κ3) is 4.67. The molecule has 1 N–H and O–H groups in total.